The third kappa shape index (κ3) is 3.53. The zero-order valence-electron chi connectivity index (χ0n) is 10.7. The minimum Gasteiger partial charge on any atom is -0.396 e. The average Bonchev–Trinajstić information content (AvgIpc) is 2.41. The van der Waals surface area contributed by atoms with Crippen molar-refractivity contribution in [2.24, 2.45) is 5.41 Å². The van der Waals surface area contributed by atoms with Crippen LogP contribution < -0.4 is 5.32 Å². The van der Waals surface area contributed by atoms with Crippen LogP contribution in [0.5, 0.6) is 0 Å². The molecule has 0 fully saturated rings. The Labute approximate surface area is 116 Å². The number of amides is 1. The Morgan fingerprint density at radius 3 is 2.67 bits per heavy atom. The van der Waals surface area contributed by atoms with Gasteiger partial charge in [0, 0.05) is 22.6 Å². The van der Waals surface area contributed by atoms with Gasteiger partial charge in [-0.2, -0.15) is 0 Å². The van der Waals surface area contributed by atoms with Gasteiger partial charge in [0.25, 0.3) is 5.91 Å². The minimum atomic E-state index is -0.239. The summed E-state index contributed by atoms with van der Waals surface area (Å²) < 4.78 is 0.671. The van der Waals surface area contributed by atoms with E-state index in [0.29, 0.717) is 16.7 Å². The molecule has 0 saturated carbocycles. The number of aliphatic hydroxyl groups is 1. The fourth-order valence-corrected chi connectivity index (χ4v) is 2.12. The van der Waals surface area contributed by atoms with E-state index in [1.807, 2.05) is 13.8 Å². The van der Waals surface area contributed by atoms with Crippen molar-refractivity contribution in [1.29, 1.82) is 0 Å². The first kappa shape index (κ1) is 15.1. The summed E-state index contributed by atoms with van der Waals surface area (Å²) >= 11 is 3.30. The van der Waals surface area contributed by atoms with Crippen LogP contribution in [-0.4, -0.2) is 29.1 Å². The fraction of sp³-hybridized carbons (Fsp3) is 0.538. The number of rotatable bonds is 6. The number of pyridine rings is 1. The molecule has 0 unspecified atom stereocenters. The lowest BCUT2D eigenvalue weighted by Gasteiger charge is -2.29. The predicted octanol–water partition coefficient (Wildman–Crippen LogP) is 2.37. The maximum atomic E-state index is 12.0. The Hall–Kier alpha value is -0.940. The highest BCUT2D eigenvalue weighted by Gasteiger charge is 2.26. The molecule has 1 amide bonds. The zero-order chi connectivity index (χ0) is 13.6. The van der Waals surface area contributed by atoms with Crippen LogP contribution in [0.1, 0.15) is 37.2 Å². The van der Waals surface area contributed by atoms with Crippen molar-refractivity contribution in [3.8, 4) is 0 Å². The summed E-state index contributed by atoms with van der Waals surface area (Å²) in [6.45, 7) is 4.56. The van der Waals surface area contributed by atoms with Crippen LogP contribution in [0.3, 0.4) is 0 Å². The molecular formula is C13H19BrN2O2. The molecule has 0 aliphatic rings. The quantitative estimate of drug-likeness (QED) is 0.847. The Bertz CT molecular complexity index is 397. The van der Waals surface area contributed by atoms with Crippen molar-refractivity contribution in [3.05, 3.63) is 28.5 Å². The third-order valence-corrected chi connectivity index (χ3v) is 4.07. The van der Waals surface area contributed by atoms with Gasteiger partial charge in [-0.3, -0.25) is 4.79 Å². The van der Waals surface area contributed by atoms with E-state index in [1.54, 1.807) is 18.3 Å². The summed E-state index contributed by atoms with van der Waals surface area (Å²) in [6, 6.07) is 3.54. The maximum Gasteiger partial charge on any atom is 0.271 e. The SMILES string of the molecule is CCC(CC)(CO)CNC(=O)c1ncccc1Br. The average molecular weight is 315 g/mol. The van der Waals surface area contributed by atoms with Gasteiger partial charge in [0.1, 0.15) is 5.69 Å². The first-order chi connectivity index (χ1) is 8.58. The Balaban J connectivity index is 2.69. The van der Waals surface area contributed by atoms with E-state index < -0.39 is 0 Å². The summed E-state index contributed by atoms with van der Waals surface area (Å²) in [7, 11) is 0. The van der Waals surface area contributed by atoms with Gasteiger partial charge in [0.15, 0.2) is 0 Å². The molecule has 0 aliphatic heterocycles. The van der Waals surface area contributed by atoms with Crippen molar-refractivity contribution in [2.75, 3.05) is 13.2 Å². The molecule has 0 aliphatic carbocycles. The minimum absolute atomic E-state index is 0.0731. The molecule has 1 aromatic rings. The number of nitrogens with zero attached hydrogens (tertiary/aromatic N) is 1. The lowest BCUT2D eigenvalue weighted by Crippen LogP contribution is -2.39. The van der Waals surface area contributed by atoms with E-state index in [9.17, 15) is 9.90 Å². The number of aromatic nitrogens is 1. The largest absolute Gasteiger partial charge is 0.396 e. The first-order valence-electron chi connectivity index (χ1n) is 6.08. The van der Waals surface area contributed by atoms with Crippen LogP contribution in [0.15, 0.2) is 22.8 Å². The molecule has 0 bridgehead atoms. The Morgan fingerprint density at radius 2 is 2.17 bits per heavy atom. The summed E-state index contributed by atoms with van der Waals surface area (Å²) in [5, 5.41) is 12.3. The van der Waals surface area contributed by atoms with Crippen molar-refractivity contribution in [2.45, 2.75) is 26.7 Å². The highest BCUT2D eigenvalue weighted by Crippen LogP contribution is 2.24. The van der Waals surface area contributed by atoms with E-state index >= 15 is 0 Å². The molecule has 1 aromatic heterocycles. The molecule has 1 heterocycles. The number of nitrogens with one attached hydrogen (secondary N) is 1. The zero-order valence-corrected chi connectivity index (χ0v) is 12.3. The molecular weight excluding hydrogens is 296 g/mol. The van der Waals surface area contributed by atoms with Crippen molar-refractivity contribution < 1.29 is 9.90 Å². The molecule has 0 aromatic carbocycles. The smallest absolute Gasteiger partial charge is 0.271 e. The van der Waals surface area contributed by atoms with E-state index in [4.69, 9.17) is 0 Å². The molecule has 0 radical (unpaired) electrons. The standard InChI is InChI=1S/C13H19BrN2O2/c1-3-13(4-2,9-17)8-16-12(18)11-10(14)6-5-7-15-11/h5-7,17H,3-4,8-9H2,1-2H3,(H,16,18). The Morgan fingerprint density at radius 1 is 1.50 bits per heavy atom. The van der Waals surface area contributed by atoms with Gasteiger partial charge in [0.05, 0.1) is 6.61 Å². The summed E-state index contributed by atoms with van der Waals surface area (Å²) in [6.07, 6.45) is 3.23. The fourth-order valence-electron chi connectivity index (χ4n) is 1.68. The van der Waals surface area contributed by atoms with Gasteiger partial charge in [-0.05, 0) is 40.9 Å². The van der Waals surface area contributed by atoms with Crippen molar-refractivity contribution in [1.82, 2.24) is 10.3 Å². The highest BCUT2D eigenvalue weighted by atomic mass is 79.9. The second kappa shape index (κ2) is 6.85. The number of aliphatic hydroxyl groups excluding tert-OH is 1. The first-order valence-corrected chi connectivity index (χ1v) is 6.87. The molecule has 0 atom stereocenters. The number of hydrogen-bond acceptors (Lipinski definition) is 3. The number of halogens is 1. The van der Waals surface area contributed by atoms with Gasteiger partial charge in [0.2, 0.25) is 0 Å². The number of carbonyl (C=O) groups excluding carboxylic acids is 1. The number of carbonyl (C=O) groups is 1. The van der Waals surface area contributed by atoms with Crippen molar-refractivity contribution >= 4 is 21.8 Å². The van der Waals surface area contributed by atoms with Crippen LogP contribution in [0.2, 0.25) is 0 Å². The van der Waals surface area contributed by atoms with Crippen LogP contribution in [0.25, 0.3) is 0 Å². The van der Waals surface area contributed by atoms with Gasteiger partial charge in [-0.1, -0.05) is 13.8 Å². The van der Waals surface area contributed by atoms with Crippen molar-refractivity contribution in [3.63, 3.8) is 0 Å². The van der Waals surface area contributed by atoms with Gasteiger partial charge in [-0.25, -0.2) is 4.98 Å². The molecule has 2 N–H and O–H groups in total. The summed E-state index contributed by atoms with van der Waals surface area (Å²) in [5.41, 5.74) is 0.133. The summed E-state index contributed by atoms with van der Waals surface area (Å²) in [4.78, 5) is 16.0. The van der Waals surface area contributed by atoms with E-state index in [0.717, 1.165) is 12.8 Å². The lowest BCUT2D eigenvalue weighted by molar-refractivity contribution is 0.0846. The predicted molar refractivity (Wildman–Crippen MR) is 74.4 cm³/mol. The van der Waals surface area contributed by atoms with Gasteiger partial charge >= 0.3 is 0 Å². The molecule has 18 heavy (non-hydrogen) atoms. The van der Waals surface area contributed by atoms with Gasteiger partial charge < -0.3 is 10.4 Å². The second-order valence-corrected chi connectivity index (χ2v) is 5.24. The Kier molecular flexibility index (Phi) is 5.75. The third-order valence-electron chi connectivity index (χ3n) is 3.43. The van der Waals surface area contributed by atoms with Crippen LogP contribution in [-0.2, 0) is 0 Å². The van der Waals surface area contributed by atoms with E-state index in [1.165, 1.54) is 0 Å². The van der Waals surface area contributed by atoms with Gasteiger partial charge in [-0.15, -0.1) is 0 Å². The summed E-state index contributed by atoms with van der Waals surface area (Å²) in [5.74, 6) is -0.220. The van der Waals surface area contributed by atoms with E-state index in [2.05, 4.69) is 26.2 Å². The maximum absolute atomic E-state index is 12.0. The van der Waals surface area contributed by atoms with E-state index in [-0.39, 0.29) is 17.9 Å². The topological polar surface area (TPSA) is 62.2 Å². The number of hydrogen-bond donors (Lipinski definition) is 2. The van der Waals surface area contributed by atoms with Crippen LogP contribution in [0, 0.1) is 5.41 Å². The van der Waals surface area contributed by atoms with Crippen LogP contribution >= 0.6 is 15.9 Å². The lowest BCUT2D eigenvalue weighted by atomic mass is 9.83. The second-order valence-electron chi connectivity index (χ2n) is 4.38. The normalized spacial score (nSPS) is 11.3. The molecule has 0 saturated heterocycles. The monoisotopic (exact) mass is 314 g/mol. The molecule has 100 valence electrons. The molecule has 0 spiro atoms. The molecule has 1 rings (SSSR count). The highest BCUT2D eigenvalue weighted by molar-refractivity contribution is 9.10. The molecule has 5 heteroatoms. The van der Waals surface area contributed by atoms with Crippen LogP contribution in [0.4, 0.5) is 0 Å². The molecule has 4 nitrogen and oxygen atoms in total.